The highest BCUT2D eigenvalue weighted by Gasteiger charge is 2.19. The van der Waals surface area contributed by atoms with Crippen LogP contribution in [-0.4, -0.2) is 30.3 Å². The van der Waals surface area contributed by atoms with E-state index in [1.54, 1.807) is 28.9 Å². The number of halogens is 1. The van der Waals surface area contributed by atoms with Gasteiger partial charge < -0.3 is 0 Å². The van der Waals surface area contributed by atoms with Crippen LogP contribution < -0.4 is 5.32 Å². The molecule has 0 unspecified atom stereocenters. The van der Waals surface area contributed by atoms with Crippen molar-refractivity contribution in [2.24, 2.45) is 0 Å². The Morgan fingerprint density at radius 1 is 1.14 bits per heavy atom. The predicted molar refractivity (Wildman–Crippen MR) is 114 cm³/mol. The Hall–Kier alpha value is -3.10. The van der Waals surface area contributed by atoms with Gasteiger partial charge in [0.1, 0.15) is 0 Å². The maximum absolute atomic E-state index is 12.4. The predicted octanol–water partition coefficient (Wildman–Crippen LogP) is 4.62. The highest BCUT2D eigenvalue weighted by atomic mass is 35.5. The molecule has 0 saturated carbocycles. The van der Waals surface area contributed by atoms with Gasteiger partial charge in [-0.2, -0.15) is 9.36 Å². The van der Waals surface area contributed by atoms with Crippen LogP contribution in [0.5, 0.6) is 0 Å². The van der Waals surface area contributed by atoms with Gasteiger partial charge in [-0.05, 0) is 56.2 Å². The SMILES string of the molecule is Cc1cccc(-n2nnc(-c3nsc(NC(=O)c4cccc(Cl)c4)n3)c2C)c1C. The zero-order valence-electron chi connectivity index (χ0n) is 16.0. The molecule has 1 N–H and O–H groups in total. The summed E-state index contributed by atoms with van der Waals surface area (Å²) in [6.45, 7) is 6.03. The van der Waals surface area contributed by atoms with Crippen LogP contribution in [0.2, 0.25) is 5.02 Å². The maximum atomic E-state index is 12.4. The minimum Gasteiger partial charge on any atom is -0.297 e. The number of hydrogen-bond acceptors (Lipinski definition) is 6. The van der Waals surface area contributed by atoms with E-state index in [4.69, 9.17) is 11.6 Å². The molecule has 0 bridgehead atoms. The first-order valence-electron chi connectivity index (χ1n) is 8.84. The summed E-state index contributed by atoms with van der Waals surface area (Å²) in [6, 6.07) is 12.8. The van der Waals surface area contributed by atoms with Gasteiger partial charge in [0, 0.05) is 22.1 Å². The summed E-state index contributed by atoms with van der Waals surface area (Å²) in [7, 11) is 0. The molecule has 0 spiro atoms. The molecular formula is C20H17ClN6OS. The van der Waals surface area contributed by atoms with Gasteiger partial charge in [0.2, 0.25) is 5.13 Å². The van der Waals surface area contributed by atoms with Crippen molar-refractivity contribution in [1.29, 1.82) is 0 Å². The van der Waals surface area contributed by atoms with Gasteiger partial charge in [0.25, 0.3) is 5.91 Å². The van der Waals surface area contributed by atoms with Crippen molar-refractivity contribution in [3.05, 3.63) is 69.9 Å². The molecule has 0 radical (unpaired) electrons. The number of rotatable bonds is 4. The molecule has 2 heterocycles. The van der Waals surface area contributed by atoms with E-state index < -0.39 is 0 Å². The standard InChI is InChI=1S/C20H17ClN6OS/c1-11-6-4-9-16(12(11)2)27-13(3)17(24-26-27)18-22-20(29-25-18)23-19(28)14-7-5-8-15(21)10-14/h4-10H,1-3H3,(H,22,23,25,28). The van der Waals surface area contributed by atoms with Gasteiger partial charge in [-0.3, -0.25) is 10.1 Å². The van der Waals surface area contributed by atoms with Crippen LogP contribution >= 0.6 is 23.1 Å². The Morgan fingerprint density at radius 2 is 1.93 bits per heavy atom. The molecule has 7 nitrogen and oxygen atoms in total. The number of amides is 1. The van der Waals surface area contributed by atoms with Crippen LogP contribution in [-0.2, 0) is 0 Å². The lowest BCUT2D eigenvalue weighted by atomic mass is 10.1. The van der Waals surface area contributed by atoms with Crippen LogP contribution in [0.15, 0.2) is 42.5 Å². The van der Waals surface area contributed by atoms with E-state index in [1.807, 2.05) is 19.1 Å². The summed E-state index contributed by atoms with van der Waals surface area (Å²) >= 11 is 7.03. The average molecular weight is 425 g/mol. The zero-order valence-corrected chi connectivity index (χ0v) is 17.5. The molecule has 4 rings (SSSR count). The van der Waals surface area contributed by atoms with Crippen LogP contribution in [0.4, 0.5) is 5.13 Å². The number of carbonyl (C=O) groups excluding carboxylic acids is 1. The summed E-state index contributed by atoms with van der Waals surface area (Å²) in [5.74, 6) is 0.122. The van der Waals surface area contributed by atoms with Gasteiger partial charge >= 0.3 is 0 Å². The summed E-state index contributed by atoms with van der Waals surface area (Å²) in [5.41, 5.74) is 5.12. The van der Waals surface area contributed by atoms with Crippen molar-refractivity contribution in [2.75, 3.05) is 5.32 Å². The quantitative estimate of drug-likeness (QED) is 0.516. The molecule has 146 valence electrons. The third-order valence-electron chi connectivity index (χ3n) is 4.64. The average Bonchev–Trinajstić information content (AvgIpc) is 3.30. The summed E-state index contributed by atoms with van der Waals surface area (Å²) in [4.78, 5) is 16.8. The van der Waals surface area contributed by atoms with Gasteiger partial charge in [-0.1, -0.05) is 35.0 Å². The summed E-state index contributed by atoms with van der Waals surface area (Å²) in [6.07, 6.45) is 0. The van der Waals surface area contributed by atoms with E-state index in [1.165, 1.54) is 5.56 Å². The van der Waals surface area contributed by atoms with E-state index >= 15 is 0 Å². The van der Waals surface area contributed by atoms with Crippen LogP contribution in [0.25, 0.3) is 17.2 Å². The molecule has 0 aliphatic carbocycles. The van der Waals surface area contributed by atoms with E-state index in [-0.39, 0.29) is 5.91 Å². The molecule has 0 aliphatic rings. The Morgan fingerprint density at radius 3 is 2.72 bits per heavy atom. The van der Waals surface area contributed by atoms with Gasteiger partial charge in [0.05, 0.1) is 11.4 Å². The van der Waals surface area contributed by atoms with Crippen LogP contribution in [0.1, 0.15) is 27.2 Å². The van der Waals surface area contributed by atoms with Crippen molar-refractivity contribution < 1.29 is 4.79 Å². The number of carbonyl (C=O) groups is 1. The highest BCUT2D eigenvalue weighted by molar-refractivity contribution is 7.10. The topological polar surface area (TPSA) is 85.6 Å². The molecule has 29 heavy (non-hydrogen) atoms. The lowest BCUT2D eigenvalue weighted by molar-refractivity contribution is 0.102. The minimum absolute atomic E-state index is 0.300. The Bertz CT molecular complexity index is 1220. The molecular weight excluding hydrogens is 408 g/mol. The lowest BCUT2D eigenvalue weighted by Gasteiger charge is -2.09. The third-order valence-corrected chi connectivity index (χ3v) is 5.51. The first kappa shape index (κ1) is 19.2. The van der Waals surface area contributed by atoms with Gasteiger partial charge in [-0.25, -0.2) is 4.68 Å². The molecule has 2 aromatic heterocycles. The molecule has 0 atom stereocenters. The first-order valence-corrected chi connectivity index (χ1v) is 9.99. The fourth-order valence-corrected chi connectivity index (χ4v) is 3.66. The second kappa shape index (κ2) is 7.73. The smallest absolute Gasteiger partial charge is 0.257 e. The van der Waals surface area contributed by atoms with Crippen LogP contribution in [0, 0.1) is 20.8 Å². The van der Waals surface area contributed by atoms with Crippen molar-refractivity contribution in [2.45, 2.75) is 20.8 Å². The Balaban J connectivity index is 1.60. The number of nitrogens with zero attached hydrogens (tertiary/aromatic N) is 5. The number of benzene rings is 2. The zero-order chi connectivity index (χ0) is 20.5. The number of aryl methyl sites for hydroxylation is 1. The Kier molecular flexibility index (Phi) is 5.12. The van der Waals surface area contributed by atoms with Crippen molar-refractivity contribution >= 4 is 34.2 Å². The van der Waals surface area contributed by atoms with E-state index in [9.17, 15) is 4.79 Å². The molecule has 1 amide bonds. The fraction of sp³-hybridized carbons (Fsp3) is 0.150. The molecule has 4 aromatic rings. The minimum atomic E-state index is -0.300. The summed E-state index contributed by atoms with van der Waals surface area (Å²) < 4.78 is 6.11. The van der Waals surface area contributed by atoms with Crippen LogP contribution in [0.3, 0.4) is 0 Å². The number of anilines is 1. The second-order valence-electron chi connectivity index (χ2n) is 6.54. The summed E-state index contributed by atoms with van der Waals surface area (Å²) in [5, 5.41) is 12.2. The van der Waals surface area contributed by atoms with E-state index in [0.29, 0.717) is 27.2 Å². The molecule has 0 fully saturated rings. The van der Waals surface area contributed by atoms with Gasteiger partial charge in [-0.15, -0.1) is 5.10 Å². The largest absolute Gasteiger partial charge is 0.297 e. The normalized spacial score (nSPS) is 10.9. The molecule has 9 heteroatoms. The monoisotopic (exact) mass is 424 g/mol. The van der Waals surface area contributed by atoms with Crippen molar-refractivity contribution in [1.82, 2.24) is 24.4 Å². The molecule has 0 saturated heterocycles. The van der Waals surface area contributed by atoms with E-state index in [0.717, 1.165) is 28.5 Å². The fourth-order valence-electron chi connectivity index (χ4n) is 2.90. The second-order valence-corrected chi connectivity index (χ2v) is 7.73. The van der Waals surface area contributed by atoms with Gasteiger partial charge in [0.15, 0.2) is 11.5 Å². The number of hydrogen-bond donors (Lipinski definition) is 1. The lowest BCUT2D eigenvalue weighted by Crippen LogP contribution is -2.11. The number of nitrogens with one attached hydrogen (secondary N) is 1. The third kappa shape index (κ3) is 3.76. The van der Waals surface area contributed by atoms with E-state index in [2.05, 4.69) is 44.9 Å². The number of aromatic nitrogens is 5. The first-order chi connectivity index (χ1) is 13.9. The van der Waals surface area contributed by atoms with Crippen molar-refractivity contribution in [3.8, 4) is 17.2 Å². The Labute approximate surface area is 176 Å². The molecule has 2 aromatic carbocycles. The molecule has 0 aliphatic heterocycles. The maximum Gasteiger partial charge on any atom is 0.257 e. The van der Waals surface area contributed by atoms with Crippen molar-refractivity contribution in [3.63, 3.8) is 0 Å². The highest BCUT2D eigenvalue weighted by Crippen LogP contribution is 2.26.